The van der Waals surface area contributed by atoms with Crippen LogP contribution in [-0.2, 0) is 4.79 Å². The Labute approximate surface area is 192 Å². The number of dihydropyridines is 1. The van der Waals surface area contributed by atoms with Gasteiger partial charge in [0.05, 0.1) is 17.4 Å². The second-order valence-corrected chi connectivity index (χ2v) is 9.18. The molecule has 2 aromatic heterocycles. The average molecular weight is 439 g/mol. The number of nitrogens with zero attached hydrogens (tertiary/aromatic N) is 4. The first-order valence-electron chi connectivity index (χ1n) is 11.5. The highest BCUT2D eigenvalue weighted by Gasteiger charge is 2.37. The number of allylic oxidation sites excluding steroid dienone is 7. The first-order valence-corrected chi connectivity index (χ1v) is 11.5. The number of carbonyl (C=O) groups is 1. The number of carbonyl (C=O) groups excluding carboxylic acids is 1. The lowest BCUT2D eigenvalue weighted by molar-refractivity contribution is -0.124. The van der Waals surface area contributed by atoms with Gasteiger partial charge in [0.1, 0.15) is 17.2 Å². The molecule has 1 saturated carbocycles. The number of primary amides is 1. The van der Waals surface area contributed by atoms with Crippen molar-refractivity contribution in [2.45, 2.75) is 44.1 Å². The quantitative estimate of drug-likeness (QED) is 0.759. The van der Waals surface area contributed by atoms with Crippen molar-refractivity contribution in [3.63, 3.8) is 0 Å². The van der Waals surface area contributed by atoms with Gasteiger partial charge in [0.25, 0.3) is 0 Å². The minimum atomic E-state index is -0.233. The van der Waals surface area contributed by atoms with Crippen LogP contribution in [0.3, 0.4) is 0 Å². The lowest BCUT2D eigenvalue weighted by Crippen LogP contribution is -2.34. The van der Waals surface area contributed by atoms with Crippen LogP contribution in [0.4, 0.5) is 5.82 Å². The fraction of sp³-hybridized carbons (Fsp3) is 0.308. The molecule has 166 valence electrons. The van der Waals surface area contributed by atoms with Crippen LogP contribution in [0.1, 0.15) is 49.5 Å². The summed E-state index contributed by atoms with van der Waals surface area (Å²) in [5.74, 6) is 1.26. The van der Waals surface area contributed by atoms with Crippen LogP contribution in [0, 0.1) is 5.92 Å². The van der Waals surface area contributed by atoms with E-state index in [0.29, 0.717) is 5.82 Å². The number of rotatable bonds is 4. The van der Waals surface area contributed by atoms with Gasteiger partial charge in [-0.2, -0.15) is 0 Å². The summed E-state index contributed by atoms with van der Waals surface area (Å²) in [7, 11) is 0. The SMILES string of the molecule is NC(=O)C1CC(c2nc(C3=CC=C4C=CC(C5=CCCC=C5)=NC4C3)c3c(N)nccn23)C1. The average Bonchev–Trinajstić information content (AvgIpc) is 3.18. The first-order chi connectivity index (χ1) is 16.1. The molecule has 0 radical (unpaired) electrons. The van der Waals surface area contributed by atoms with Gasteiger partial charge in [0, 0.05) is 30.7 Å². The lowest BCUT2D eigenvalue weighted by atomic mass is 9.74. The van der Waals surface area contributed by atoms with Gasteiger partial charge in [0.15, 0.2) is 0 Å². The molecule has 33 heavy (non-hydrogen) atoms. The molecular weight excluding hydrogens is 412 g/mol. The number of anilines is 1. The van der Waals surface area contributed by atoms with Gasteiger partial charge in [-0.15, -0.1) is 0 Å². The molecule has 6 rings (SSSR count). The van der Waals surface area contributed by atoms with E-state index in [1.807, 2.05) is 10.6 Å². The van der Waals surface area contributed by atoms with Crippen molar-refractivity contribution in [3.05, 3.63) is 77.6 Å². The van der Waals surface area contributed by atoms with Gasteiger partial charge < -0.3 is 11.5 Å². The minimum absolute atomic E-state index is 0.0577. The van der Waals surface area contributed by atoms with Crippen molar-refractivity contribution in [1.29, 1.82) is 0 Å². The number of aliphatic imine (C=N–C) groups is 1. The van der Waals surface area contributed by atoms with E-state index >= 15 is 0 Å². The molecule has 7 heteroatoms. The normalized spacial score (nSPS) is 26.1. The largest absolute Gasteiger partial charge is 0.382 e. The monoisotopic (exact) mass is 438 g/mol. The van der Waals surface area contributed by atoms with E-state index in [2.05, 4.69) is 47.5 Å². The number of hydrogen-bond donors (Lipinski definition) is 2. The fourth-order valence-corrected chi connectivity index (χ4v) is 5.18. The Morgan fingerprint density at radius 3 is 2.79 bits per heavy atom. The highest BCUT2D eigenvalue weighted by Crippen LogP contribution is 2.43. The number of aromatic nitrogens is 3. The third kappa shape index (κ3) is 3.35. The summed E-state index contributed by atoms with van der Waals surface area (Å²) in [6.07, 6.45) is 23.1. The second-order valence-electron chi connectivity index (χ2n) is 9.18. The van der Waals surface area contributed by atoms with Crippen molar-refractivity contribution in [1.82, 2.24) is 14.4 Å². The molecule has 7 nitrogen and oxygen atoms in total. The van der Waals surface area contributed by atoms with Crippen LogP contribution in [0.2, 0.25) is 0 Å². The van der Waals surface area contributed by atoms with E-state index in [1.54, 1.807) is 6.20 Å². The number of hydrogen-bond acceptors (Lipinski definition) is 5. The Kier molecular flexibility index (Phi) is 4.64. The molecule has 0 bridgehead atoms. The van der Waals surface area contributed by atoms with Crippen LogP contribution < -0.4 is 11.5 Å². The topological polar surface area (TPSA) is 112 Å². The summed E-state index contributed by atoms with van der Waals surface area (Å²) in [4.78, 5) is 26.0. The Balaban J connectivity index is 1.36. The molecule has 3 heterocycles. The second kappa shape index (κ2) is 7.69. The first kappa shape index (κ1) is 19.9. The molecule has 4 aliphatic rings. The molecule has 1 amide bonds. The zero-order valence-corrected chi connectivity index (χ0v) is 18.3. The lowest BCUT2D eigenvalue weighted by Gasteiger charge is -2.32. The molecule has 1 aliphatic heterocycles. The van der Waals surface area contributed by atoms with Gasteiger partial charge >= 0.3 is 0 Å². The highest BCUT2D eigenvalue weighted by atomic mass is 16.1. The number of imidazole rings is 1. The zero-order chi connectivity index (χ0) is 22.5. The van der Waals surface area contributed by atoms with Gasteiger partial charge in [0.2, 0.25) is 5.91 Å². The predicted molar refractivity (Wildman–Crippen MR) is 130 cm³/mol. The molecule has 0 saturated heterocycles. The Morgan fingerprint density at radius 2 is 2.00 bits per heavy atom. The van der Waals surface area contributed by atoms with E-state index in [1.165, 1.54) is 11.1 Å². The molecule has 0 spiro atoms. The van der Waals surface area contributed by atoms with Crippen LogP contribution >= 0.6 is 0 Å². The maximum Gasteiger partial charge on any atom is 0.220 e. The molecule has 4 N–H and O–H groups in total. The molecular formula is C26H26N6O. The van der Waals surface area contributed by atoms with E-state index < -0.39 is 0 Å². The molecule has 0 aromatic carbocycles. The third-order valence-corrected chi connectivity index (χ3v) is 7.11. The maximum atomic E-state index is 11.5. The van der Waals surface area contributed by atoms with Gasteiger partial charge in [-0.05, 0) is 48.5 Å². The predicted octanol–water partition coefficient (Wildman–Crippen LogP) is 3.66. The number of fused-ring (bicyclic) bond motifs is 2. The van der Waals surface area contributed by atoms with Crippen molar-refractivity contribution in [2.24, 2.45) is 16.6 Å². The Hall–Kier alpha value is -3.74. The van der Waals surface area contributed by atoms with Crippen molar-refractivity contribution < 1.29 is 4.79 Å². The van der Waals surface area contributed by atoms with E-state index in [0.717, 1.165) is 60.4 Å². The number of nitrogens with two attached hydrogens (primary N) is 2. The zero-order valence-electron chi connectivity index (χ0n) is 18.3. The smallest absolute Gasteiger partial charge is 0.220 e. The standard InChI is InChI=1S/C26H26N6O/c27-24-23-22(31-26(32(23)11-10-29-24)19-12-18(13-19)25(28)33)17-7-6-16-8-9-20(30-21(16)14-17)15-4-2-1-3-5-15/h2,4-11,18-19,21H,1,3,12-14H2,(H2,27,29)(H2,28,33). The summed E-state index contributed by atoms with van der Waals surface area (Å²) in [6.45, 7) is 0. The molecule has 1 fully saturated rings. The summed E-state index contributed by atoms with van der Waals surface area (Å²) in [5.41, 5.74) is 18.0. The molecule has 1 atom stereocenters. The van der Waals surface area contributed by atoms with Gasteiger partial charge in [-0.1, -0.05) is 36.5 Å². The Morgan fingerprint density at radius 1 is 1.12 bits per heavy atom. The van der Waals surface area contributed by atoms with Crippen LogP contribution in [-0.4, -0.2) is 32.0 Å². The van der Waals surface area contributed by atoms with Gasteiger partial charge in [-0.25, -0.2) is 9.97 Å². The third-order valence-electron chi connectivity index (χ3n) is 7.11. The maximum absolute atomic E-state index is 11.5. The van der Waals surface area contributed by atoms with E-state index in [4.69, 9.17) is 21.4 Å². The Bertz CT molecular complexity index is 1350. The van der Waals surface area contributed by atoms with Crippen LogP contribution in [0.15, 0.2) is 71.1 Å². The van der Waals surface area contributed by atoms with Crippen molar-refractivity contribution in [2.75, 3.05) is 5.73 Å². The van der Waals surface area contributed by atoms with Gasteiger partial charge in [-0.3, -0.25) is 14.2 Å². The molecule has 2 aromatic rings. The number of amides is 1. The molecule has 1 unspecified atom stereocenters. The summed E-state index contributed by atoms with van der Waals surface area (Å²) >= 11 is 0. The highest BCUT2D eigenvalue weighted by molar-refractivity contribution is 6.11. The van der Waals surface area contributed by atoms with Crippen molar-refractivity contribution >= 4 is 28.5 Å². The summed E-state index contributed by atoms with van der Waals surface area (Å²) in [5, 5.41) is 0. The van der Waals surface area contributed by atoms with Crippen molar-refractivity contribution in [3.8, 4) is 0 Å². The van der Waals surface area contributed by atoms with E-state index in [9.17, 15) is 4.79 Å². The summed E-state index contributed by atoms with van der Waals surface area (Å²) in [6, 6.07) is 0.0577. The minimum Gasteiger partial charge on any atom is -0.382 e. The van der Waals surface area contributed by atoms with E-state index in [-0.39, 0.29) is 23.8 Å². The molecule has 3 aliphatic carbocycles. The fourth-order valence-electron chi connectivity index (χ4n) is 5.18. The van der Waals surface area contributed by atoms with Crippen LogP contribution in [0.25, 0.3) is 11.1 Å². The summed E-state index contributed by atoms with van der Waals surface area (Å²) < 4.78 is 2.03. The van der Waals surface area contributed by atoms with Crippen LogP contribution in [0.5, 0.6) is 0 Å². The number of nitrogen functional groups attached to an aromatic ring is 1.